The minimum Gasteiger partial charge on any atom is -0.426 e. The quantitative estimate of drug-likeness (QED) is 0.449. The van der Waals surface area contributed by atoms with Gasteiger partial charge in [-0.05, 0) is 49.9 Å². The lowest BCUT2D eigenvalue weighted by molar-refractivity contribution is -0.308. The molecule has 1 aromatic rings. The number of carbonyl (C=O) groups excluding carboxylic acids is 1. The number of piperidine rings is 1. The Morgan fingerprint density at radius 2 is 1.66 bits per heavy atom. The van der Waals surface area contributed by atoms with E-state index in [0.717, 1.165) is 61.8 Å². The molecule has 1 spiro atoms. The van der Waals surface area contributed by atoms with E-state index in [4.69, 9.17) is 16.3 Å². The van der Waals surface area contributed by atoms with Crippen LogP contribution < -0.4 is 4.90 Å². The van der Waals surface area contributed by atoms with Gasteiger partial charge in [0.15, 0.2) is 0 Å². The van der Waals surface area contributed by atoms with Crippen molar-refractivity contribution in [3.8, 4) is 0 Å². The second kappa shape index (κ2) is 10.2. The first kappa shape index (κ1) is 27.6. The van der Waals surface area contributed by atoms with Crippen molar-refractivity contribution in [1.82, 2.24) is 9.80 Å². The molecule has 2 atom stereocenters. The number of anilines is 1. The highest BCUT2D eigenvalue weighted by molar-refractivity contribution is 6.30. The molecule has 212 valence electrons. The van der Waals surface area contributed by atoms with Crippen LogP contribution in [0.25, 0.3) is 0 Å². The number of ether oxygens (including phenoxy) is 2. The first-order chi connectivity index (χ1) is 17.9. The van der Waals surface area contributed by atoms with Crippen LogP contribution in [0.1, 0.15) is 31.2 Å². The van der Waals surface area contributed by atoms with Gasteiger partial charge < -0.3 is 19.3 Å². The molecule has 0 aromatic heterocycles. The van der Waals surface area contributed by atoms with Crippen molar-refractivity contribution in [2.75, 3.05) is 50.8 Å². The number of nitrogens with zero attached hydrogens (tertiary/aromatic N) is 3. The van der Waals surface area contributed by atoms with E-state index < -0.39 is 24.5 Å². The van der Waals surface area contributed by atoms with Gasteiger partial charge in [-0.3, -0.25) is 4.90 Å². The van der Waals surface area contributed by atoms with Gasteiger partial charge in [-0.1, -0.05) is 17.7 Å². The van der Waals surface area contributed by atoms with E-state index in [1.807, 2.05) is 18.2 Å². The fourth-order valence-corrected chi connectivity index (χ4v) is 6.63. The van der Waals surface area contributed by atoms with Crippen LogP contribution in [0.4, 0.5) is 36.8 Å². The third-order valence-electron chi connectivity index (χ3n) is 8.50. The molecule has 4 aliphatic heterocycles. The molecule has 4 fully saturated rings. The maximum Gasteiger partial charge on any atom is 0.434 e. The zero-order valence-electron chi connectivity index (χ0n) is 20.7. The van der Waals surface area contributed by atoms with Gasteiger partial charge in [-0.25, -0.2) is 4.79 Å². The number of hydrogen-bond acceptors (Lipinski definition) is 5. The average Bonchev–Trinajstić information content (AvgIpc) is 3.53. The molecule has 6 nitrogen and oxygen atoms in total. The molecule has 4 aliphatic rings. The van der Waals surface area contributed by atoms with Gasteiger partial charge in [-0.2, -0.15) is 26.3 Å². The lowest BCUT2D eigenvalue weighted by Gasteiger charge is -2.45. The Labute approximate surface area is 221 Å². The molecule has 0 N–H and O–H groups in total. The highest BCUT2D eigenvalue weighted by Gasteiger charge is 2.60. The number of alkyl halides is 6. The second-order valence-corrected chi connectivity index (χ2v) is 11.3. The Morgan fingerprint density at radius 3 is 2.26 bits per heavy atom. The molecule has 1 aromatic carbocycles. The Balaban J connectivity index is 1.25. The summed E-state index contributed by atoms with van der Waals surface area (Å²) < 4.78 is 86.5. The third-order valence-corrected chi connectivity index (χ3v) is 8.73. The highest BCUT2D eigenvalue weighted by atomic mass is 35.5. The van der Waals surface area contributed by atoms with Crippen LogP contribution in [-0.2, 0) is 16.0 Å². The van der Waals surface area contributed by atoms with E-state index in [1.165, 1.54) is 0 Å². The maximum absolute atomic E-state index is 12.8. The second-order valence-electron chi connectivity index (χ2n) is 10.8. The lowest BCUT2D eigenvalue weighted by atomic mass is 9.84. The number of carbonyl (C=O) groups is 1. The third kappa shape index (κ3) is 5.54. The summed E-state index contributed by atoms with van der Waals surface area (Å²) in [5, 5.41) is 0.649. The van der Waals surface area contributed by atoms with Crippen molar-refractivity contribution in [3.63, 3.8) is 0 Å². The largest absolute Gasteiger partial charge is 0.434 e. The normalized spacial score (nSPS) is 26.0. The summed E-state index contributed by atoms with van der Waals surface area (Å²) in [5.41, 5.74) is 1.92. The summed E-state index contributed by atoms with van der Waals surface area (Å²) in [7, 11) is 0. The van der Waals surface area contributed by atoms with Crippen LogP contribution >= 0.6 is 11.6 Å². The molecular formula is C25H30ClF6N3O3. The Morgan fingerprint density at radius 1 is 1.03 bits per heavy atom. The zero-order chi connectivity index (χ0) is 27.3. The molecule has 5 rings (SSSR count). The first-order valence-corrected chi connectivity index (χ1v) is 13.2. The van der Waals surface area contributed by atoms with Gasteiger partial charge in [0.25, 0.3) is 6.10 Å². The molecule has 0 radical (unpaired) electrons. The molecule has 38 heavy (non-hydrogen) atoms. The van der Waals surface area contributed by atoms with E-state index in [9.17, 15) is 31.1 Å². The van der Waals surface area contributed by atoms with Crippen molar-refractivity contribution in [2.45, 2.75) is 56.2 Å². The number of halogens is 7. The minimum absolute atomic E-state index is 0.0285. The van der Waals surface area contributed by atoms with Crippen molar-refractivity contribution in [2.24, 2.45) is 11.8 Å². The van der Waals surface area contributed by atoms with Crippen molar-refractivity contribution >= 4 is 23.4 Å². The molecule has 0 bridgehead atoms. The van der Waals surface area contributed by atoms with Gasteiger partial charge in [0, 0.05) is 60.8 Å². The van der Waals surface area contributed by atoms with E-state index in [-0.39, 0.29) is 18.6 Å². The molecule has 4 saturated heterocycles. The van der Waals surface area contributed by atoms with Gasteiger partial charge in [0.1, 0.15) is 0 Å². The standard InChI is InChI=1S/C25H30ClF6N3O3/c26-19-3-2-16(20(10-19)34-11-17-14-37-15-18(17)12-34)13-35-7-1-4-23(35)5-8-33(9-6-23)22(36)38-21(24(27,28)29)25(30,31)32/h2-3,10,17-18,21H,1,4-9,11-15H2. The van der Waals surface area contributed by atoms with Gasteiger partial charge in [-0.15, -0.1) is 0 Å². The smallest absolute Gasteiger partial charge is 0.426 e. The fourth-order valence-electron chi connectivity index (χ4n) is 6.46. The summed E-state index contributed by atoms with van der Waals surface area (Å²) >= 11 is 6.36. The number of benzene rings is 1. The van der Waals surface area contributed by atoms with Gasteiger partial charge in [0.2, 0.25) is 0 Å². The number of likely N-dealkylation sites (tertiary alicyclic amines) is 2. The fraction of sp³-hybridized carbons (Fsp3) is 0.720. The predicted octanol–water partition coefficient (Wildman–Crippen LogP) is 5.48. The number of amides is 1. The van der Waals surface area contributed by atoms with Crippen LogP contribution in [0, 0.1) is 11.8 Å². The Kier molecular flexibility index (Phi) is 7.45. The zero-order valence-corrected chi connectivity index (χ0v) is 21.4. The molecular weight excluding hydrogens is 540 g/mol. The van der Waals surface area contributed by atoms with Crippen molar-refractivity contribution in [1.29, 1.82) is 0 Å². The van der Waals surface area contributed by atoms with Crippen LogP contribution in [0.3, 0.4) is 0 Å². The summed E-state index contributed by atoms with van der Waals surface area (Å²) in [4.78, 5) is 17.9. The Bertz CT molecular complexity index is 1000. The Hall–Kier alpha value is -1.92. The molecule has 4 heterocycles. The van der Waals surface area contributed by atoms with Crippen LogP contribution in [-0.4, -0.2) is 85.8 Å². The van der Waals surface area contributed by atoms with E-state index in [0.29, 0.717) is 36.2 Å². The van der Waals surface area contributed by atoms with Crippen molar-refractivity contribution in [3.05, 3.63) is 28.8 Å². The molecule has 13 heteroatoms. The predicted molar refractivity (Wildman–Crippen MR) is 127 cm³/mol. The molecule has 0 saturated carbocycles. The van der Waals surface area contributed by atoms with Crippen LogP contribution in [0.5, 0.6) is 0 Å². The number of fused-ring (bicyclic) bond motifs is 1. The summed E-state index contributed by atoms with van der Waals surface area (Å²) in [6.45, 7) is 4.84. The van der Waals surface area contributed by atoms with E-state index in [1.54, 1.807) is 0 Å². The monoisotopic (exact) mass is 569 g/mol. The minimum atomic E-state index is -5.73. The van der Waals surface area contributed by atoms with Crippen LogP contribution in [0.2, 0.25) is 5.02 Å². The highest BCUT2D eigenvalue weighted by Crippen LogP contribution is 2.42. The van der Waals surface area contributed by atoms with Gasteiger partial charge in [0.05, 0.1) is 13.2 Å². The number of rotatable bonds is 4. The SMILES string of the molecule is O=C(OC(C(F)(F)F)C(F)(F)F)N1CCC2(CCCN2Cc2ccc(Cl)cc2N2CC3COCC3C2)CC1. The van der Waals surface area contributed by atoms with Crippen LogP contribution in [0.15, 0.2) is 18.2 Å². The first-order valence-electron chi connectivity index (χ1n) is 12.8. The summed E-state index contributed by atoms with van der Waals surface area (Å²) in [6, 6.07) is 5.87. The van der Waals surface area contributed by atoms with E-state index >= 15 is 0 Å². The molecule has 2 unspecified atom stereocenters. The maximum atomic E-state index is 12.8. The average molecular weight is 570 g/mol. The molecule has 1 amide bonds. The van der Waals surface area contributed by atoms with Crippen molar-refractivity contribution < 1.29 is 40.6 Å². The number of hydrogen-bond donors (Lipinski definition) is 0. The van der Waals surface area contributed by atoms with Gasteiger partial charge >= 0.3 is 18.4 Å². The summed E-state index contributed by atoms with van der Waals surface area (Å²) in [6.07, 6.45) is -14.5. The molecule has 0 aliphatic carbocycles. The van der Waals surface area contributed by atoms with E-state index in [2.05, 4.69) is 14.5 Å². The lowest BCUT2D eigenvalue weighted by Crippen LogP contribution is -2.54. The topological polar surface area (TPSA) is 45.2 Å². The summed E-state index contributed by atoms with van der Waals surface area (Å²) in [5.74, 6) is 0.997.